The number of thioether (sulfide) groups is 1. The van der Waals surface area contributed by atoms with E-state index in [1.165, 1.54) is 11.8 Å². The minimum Gasteiger partial charge on any atom is -0.378 e. The summed E-state index contributed by atoms with van der Waals surface area (Å²) in [5.74, 6) is -0.0265. The predicted molar refractivity (Wildman–Crippen MR) is 141 cm³/mol. The third-order valence-electron chi connectivity index (χ3n) is 5.01. The Morgan fingerprint density at radius 3 is 2.23 bits per heavy atom. The molecule has 0 radical (unpaired) electrons. The average Bonchev–Trinajstić information content (AvgIpc) is 3.21. The van der Waals surface area contributed by atoms with Gasteiger partial charge in [-0.1, -0.05) is 40.2 Å². The van der Waals surface area contributed by atoms with Gasteiger partial charge in [-0.25, -0.2) is 14.6 Å². The Balaban J connectivity index is 1.67. The van der Waals surface area contributed by atoms with Gasteiger partial charge in [-0.15, -0.1) is 5.10 Å². The minimum absolute atomic E-state index is 0.189. The first kappa shape index (κ1) is 25.0. The van der Waals surface area contributed by atoms with E-state index in [0.717, 1.165) is 17.1 Å². The highest BCUT2D eigenvalue weighted by molar-refractivity contribution is 7.98. The lowest BCUT2D eigenvalue weighted by Crippen LogP contribution is -2.15. The quantitative estimate of drug-likeness (QED) is 0.247. The summed E-state index contributed by atoms with van der Waals surface area (Å²) < 4.78 is 1.57. The van der Waals surface area contributed by atoms with Crippen molar-refractivity contribution in [2.75, 3.05) is 24.3 Å². The van der Waals surface area contributed by atoms with Gasteiger partial charge < -0.3 is 10.2 Å². The van der Waals surface area contributed by atoms with E-state index in [9.17, 15) is 4.79 Å². The Morgan fingerprint density at radius 1 is 1.00 bits per heavy atom. The number of aromatic nitrogens is 5. The van der Waals surface area contributed by atoms with Crippen LogP contribution in [-0.2, 0) is 5.75 Å². The maximum Gasteiger partial charge on any atom is 0.278 e. The van der Waals surface area contributed by atoms with Gasteiger partial charge in [0, 0.05) is 52.7 Å². The molecule has 1 amide bonds. The Hall–Kier alpha value is -3.14. The molecule has 4 aromatic rings. The van der Waals surface area contributed by atoms with Gasteiger partial charge in [0.25, 0.3) is 5.91 Å². The molecule has 0 aliphatic rings. The molecule has 1 N–H and O–H groups in total. The zero-order valence-electron chi connectivity index (χ0n) is 19.6. The van der Waals surface area contributed by atoms with Crippen molar-refractivity contribution in [3.8, 4) is 5.69 Å². The van der Waals surface area contributed by atoms with E-state index >= 15 is 0 Å². The zero-order chi connectivity index (χ0) is 25.1. The molecule has 0 spiro atoms. The van der Waals surface area contributed by atoms with Crippen LogP contribution in [0.5, 0.6) is 0 Å². The molecule has 35 heavy (non-hydrogen) atoms. The molecule has 0 saturated heterocycles. The highest BCUT2D eigenvalue weighted by Gasteiger charge is 2.22. The SMILES string of the molecule is Cc1cc(C)nc(SCc2c(C(=O)Nc3ccc(N(C)C)cc3)nnn2-c2cc(Cl)cc(Cl)c2)n1. The number of carbonyl (C=O) groups is 1. The van der Waals surface area contributed by atoms with Gasteiger partial charge in [0.2, 0.25) is 0 Å². The fraction of sp³-hybridized carbons (Fsp3) is 0.208. The predicted octanol–water partition coefficient (Wildman–Crippen LogP) is 5.59. The summed E-state index contributed by atoms with van der Waals surface area (Å²) in [4.78, 5) is 24.2. The molecule has 8 nitrogen and oxygen atoms in total. The second kappa shape index (κ2) is 10.6. The first-order chi connectivity index (χ1) is 16.7. The lowest BCUT2D eigenvalue weighted by molar-refractivity contribution is 0.102. The molecule has 4 rings (SSSR count). The van der Waals surface area contributed by atoms with Gasteiger partial charge in [-0.05, 0) is 62.4 Å². The molecule has 2 aromatic carbocycles. The highest BCUT2D eigenvalue weighted by atomic mass is 35.5. The van der Waals surface area contributed by atoms with E-state index in [2.05, 4.69) is 25.6 Å². The number of hydrogen-bond acceptors (Lipinski definition) is 7. The van der Waals surface area contributed by atoms with Crippen LogP contribution in [-0.4, -0.2) is 45.0 Å². The first-order valence-corrected chi connectivity index (χ1v) is 12.4. The van der Waals surface area contributed by atoms with Crippen molar-refractivity contribution in [3.05, 3.63) is 81.4 Å². The molecule has 2 heterocycles. The number of nitrogens with zero attached hydrogens (tertiary/aromatic N) is 6. The second-order valence-electron chi connectivity index (χ2n) is 8.04. The molecular weight excluding hydrogens is 505 g/mol. The van der Waals surface area contributed by atoms with E-state index < -0.39 is 0 Å². The fourth-order valence-electron chi connectivity index (χ4n) is 3.40. The average molecular weight is 528 g/mol. The number of aryl methyl sites for hydroxylation is 2. The van der Waals surface area contributed by atoms with Gasteiger partial charge in [0.15, 0.2) is 10.9 Å². The maximum atomic E-state index is 13.2. The molecule has 0 bridgehead atoms. The second-order valence-corrected chi connectivity index (χ2v) is 9.86. The summed E-state index contributed by atoms with van der Waals surface area (Å²) in [5, 5.41) is 12.8. The third-order valence-corrected chi connectivity index (χ3v) is 6.31. The van der Waals surface area contributed by atoms with Crippen molar-refractivity contribution in [1.82, 2.24) is 25.0 Å². The number of carbonyl (C=O) groups excluding carboxylic acids is 1. The normalized spacial score (nSPS) is 10.9. The van der Waals surface area contributed by atoms with Crippen molar-refractivity contribution in [2.45, 2.75) is 24.8 Å². The van der Waals surface area contributed by atoms with E-state index in [4.69, 9.17) is 23.2 Å². The van der Waals surface area contributed by atoms with Gasteiger partial charge in [0.05, 0.1) is 11.4 Å². The Bertz CT molecular complexity index is 1330. The van der Waals surface area contributed by atoms with Crippen molar-refractivity contribution in [2.24, 2.45) is 0 Å². The number of hydrogen-bond donors (Lipinski definition) is 1. The maximum absolute atomic E-state index is 13.2. The summed E-state index contributed by atoms with van der Waals surface area (Å²) in [6, 6.07) is 14.5. The Kier molecular flexibility index (Phi) is 7.59. The molecule has 0 unspecified atom stereocenters. The van der Waals surface area contributed by atoms with Crippen molar-refractivity contribution in [1.29, 1.82) is 0 Å². The van der Waals surface area contributed by atoms with Gasteiger partial charge in [-0.3, -0.25) is 4.79 Å². The van der Waals surface area contributed by atoms with Crippen LogP contribution in [0.25, 0.3) is 5.69 Å². The van der Waals surface area contributed by atoms with Crippen LogP contribution in [0.2, 0.25) is 10.0 Å². The topological polar surface area (TPSA) is 88.8 Å². The van der Waals surface area contributed by atoms with E-state index in [1.54, 1.807) is 22.9 Å². The lowest BCUT2D eigenvalue weighted by atomic mass is 10.2. The largest absolute Gasteiger partial charge is 0.378 e. The number of nitrogens with one attached hydrogen (secondary N) is 1. The monoisotopic (exact) mass is 527 g/mol. The van der Waals surface area contributed by atoms with Crippen molar-refractivity contribution < 1.29 is 4.79 Å². The number of rotatable bonds is 7. The van der Waals surface area contributed by atoms with E-state index in [-0.39, 0.29) is 11.6 Å². The minimum atomic E-state index is -0.376. The smallest absolute Gasteiger partial charge is 0.278 e. The third kappa shape index (κ3) is 6.11. The van der Waals surface area contributed by atoms with Crippen molar-refractivity contribution >= 4 is 52.2 Å². The van der Waals surface area contributed by atoms with Gasteiger partial charge in [-0.2, -0.15) is 0 Å². The Morgan fingerprint density at radius 2 is 1.63 bits per heavy atom. The number of halogens is 2. The highest BCUT2D eigenvalue weighted by Crippen LogP contribution is 2.27. The molecule has 0 aliphatic heterocycles. The molecule has 11 heteroatoms. The van der Waals surface area contributed by atoms with Gasteiger partial charge >= 0.3 is 0 Å². The summed E-state index contributed by atoms with van der Waals surface area (Å²) in [6.45, 7) is 3.83. The number of benzene rings is 2. The Labute approximate surface area is 217 Å². The molecule has 0 saturated carbocycles. The van der Waals surface area contributed by atoms with Crippen LogP contribution in [0.3, 0.4) is 0 Å². The van der Waals surface area contributed by atoms with Gasteiger partial charge in [0.1, 0.15) is 0 Å². The molecule has 2 aromatic heterocycles. The first-order valence-electron chi connectivity index (χ1n) is 10.6. The van der Waals surface area contributed by atoms with Crippen LogP contribution >= 0.6 is 35.0 Å². The molecule has 180 valence electrons. The molecule has 0 aliphatic carbocycles. The molecule has 0 fully saturated rings. The van der Waals surface area contributed by atoms with Crippen LogP contribution < -0.4 is 10.2 Å². The van der Waals surface area contributed by atoms with E-state index in [0.29, 0.717) is 38.0 Å². The number of anilines is 2. The summed E-state index contributed by atoms with van der Waals surface area (Å²) >= 11 is 13.8. The molecular formula is C24H23Cl2N7OS. The van der Waals surface area contributed by atoms with E-state index in [1.807, 2.05) is 63.2 Å². The molecule has 0 atom stereocenters. The zero-order valence-corrected chi connectivity index (χ0v) is 21.9. The summed E-state index contributed by atoms with van der Waals surface area (Å²) in [7, 11) is 3.91. The van der Waals surface area contributed by atoms with Crippen LogP contribution in [0.4, 0.5) is 11.4 Å². The number of amides is 1. The standard InChI is InChI=1S/C24H23Cl2N7OS/c1-14-9-15(2)28-24(27-14)35-13-21-22(23(34)29-18-5-7-19(8-6-18)32(3)4)30-31-33(21)20-11-16(25)10-17(26)12-20/h5-12H,13H2,1-4H3,(H,29,34). The summed E-state index contributed by atoms with van der Waals surface area (Å²) in [6.07, 6.45) is 0. The van der Waals surface area contributed by atoms with Crippen LogP contribution in [0.15, 0.2) is 53.7 Å². The lowest BCUT2D eigenvalue weighted by Gasteiger charge is -2.13. The fourth-order valence-corrected chi connectivity index (χ4v) is 4.86. The van der Waals surface area contributed by atoms with Crippen molar-refractivity contribution in [3.63, 3.8) is 0 Å². The van der Waals surface area contributed by atoms with Crippen LogP contribution in [0.1, 0.15) is 27.6 Å². The van der Waals surface area contributed by atoms with Crippen LogP contribution in [0, 0.1) is 13.8 Å². The summed E-state index contributed by atoms with van der Waals surface area (Å²) in [5.41, 5.74) is 4.77.